The molecule has 21 heavy (non-hydrogen) atoms. The summed E-state index contributed by atoms with van der Waals surface area (Å²) < 4.78 is 5.72. The maximum Gasteiger partial charge on any atom is 0.410 e. The molecule has 0 atom stereocenters. The SMILES string of the molecule is CC(C)(C)OC(=O)N1CC(C(N)=O)(c2nccnc2Br)C1. The van der Waals surface area contributed by atoms with E-state index in [0.717, 1.165) is 0 Å². The van der Waals surface area contributed by atoms with E-state index >= 15 is 0 Å². The zero-order valence-electron chi connectivity index (χ0n) is 12.1. The fraction of sp³-hybridized carbons (Fsp3) is 0.538. The topological polar surface area (TPSA) is 98.4 Å². The molecule has 1 aliphatic heterocycles. The van der Waals surface area contributed by atoms with Crippen molar-refractivity contribution in [3.8, 4) is 0 Å². The monoisotopic (exact) mass is 356 g/mol. The predicted molar refractivity (Wildman–Crippen MR) is 78.4 cm³/mol. The van der Waals surface area contributed by atoms with Crippen LogP contribution >= 0.6 is 15.9 Å². The van der Waals surface area contributed by atoms with Crippen LogP contribution in [0.25, 0.3) is 0 Å². The molecule has 1 aromatic rings. The Morgan fingerprint density at radius 3 is 2.38 bits per heavy atom. The van der Waals surface area contributed by atoms with Gasteiger partial charge < -0.3 is 15.4 Å². The third kappa shape index (κ3) is 2.99. The van der Waals surface area contributed by atoms with E-state index in [1.165, 1.54) is 17.3 Å². The van der Waals surface area contributed by atoms with Crippen molar-refractivity contribution in [1.29, 1.82) is 0 Å². The van der Waals surface area contributed by atoms with Crippen molar-refractivity contribution < 1.29 is 14.3 Å². The van der Waals surface area contributed by atoms with Gasteiger partial charge in [-0.25, -0.2) is 9.78 Å². The zero-order chi connectivity index (χ0) is 15.8. The van der Waals surface area contributed by atoms with Crippen molar-refractivity contribution in [2.45, 2.75) is 31.8 Å². The van der Waals surface area contributed by atoms with Gasteiger partial charge in [0.25, 0.3) is 0 Å². The minimum absolute atomic E-state index is 0.133. The first-order valence-corrected chi connectivity index (χ1v) is 7.20. The van der Waals surface area contributed by atoms with E-state index in [-0.39, 0.29) is 13.1 Å². The molecule has 0 aromatic carbocycles. The van der Waals surface area contributed by atoms with Gasteiger partial charge in [0, 0.05) is 25.5 Å². The Hall–Kier alpha value is -1.70. The number of ether oxygens (including phenoxy) is 1. The second-order valence-electron chi connectivity index (χ2n) is 5.98. The van der Waals surface area contributed by atoms with Crippen molar-refractivity contribution in [2.75, 3.05) is 13.1 Å². The van der Waals surface area contributed by atoms with Gasteiger partial charge in [-0.05, 0) is 36.7 Å². The lowest BCUT2D eigenvalue weighted by Crippen LogP contribution is -2.67. The van der Waals surface area contributed by atoms with Crippen LogP contribution in [0.4, 0.5) is 4.79 Å². The van der Waals surface area contributed by atoms with Gasteiger partial charge in [0.15, 0.2) is 0 Å². The van der Waals surface area contributed by atoms with Gasteiger partial charge in [0.1, 0.15) is 15.6 Å². The highest BCUT2D eigenvalue weighted by atomic mass is 79.9. The summed E-state index contributed by atoms with van der Waals surface area (Å²) in [6, 6.07) is 0. The molecule has 0 aliphatic carbocycles. The van der Waals surface area contributed by atoms with E-state index in [0.29, 0.717) is 10.3 Å². The van der Waals surface area contributed by atoms with Crippen molar-refractivity contribution in [3.63, 3.8) is 0 Å². The minimum Gasteiger partial charge on any atom is -0.444 e. The third-order valence-corrected chi connectivity index (χ3v) is 3.73. The van der Waals surface area contributed by atoms with Crippen LogP contribution in [0.5, 0.6) is 0 Å². The molecule has 2 rings (SSSR count). The zero-order valence-corrected chi connectivity index (χ0v) is 13.7. The van der Waals surface area contributed by atoms with Gasteiger partial charge in [0.2, 0.25) is 5.91 Å². The van der Waals surface area contributed by atoms with Gasteiger partial charge in [-0.15, -0.1) is 0 Å². The summed E-state index contributed by atoms with van der Waals surface area (Å²) in [5.74, 6) is -0.538. The number of amides is 2. The molecule has 2 amide bonds. The molecule has 2 N–H and O–H groups in total. The van der Waals surface area contributed by atoms with Crippen LogP contribution in [-0.4, -0.2) is 45.6 Å². The number of hydrogen-bond acceptors (Lipinski definition) is 5. The van der Waals surface area contributed by atoms with Gasteiger partial charge in [-0.1, -0.05) is 0 Å². The summed E-state index contributed by atoms with van der Waals surface area (Å²) >= 11 is 3.26. The molecule has 2 heterocycles. The molecule has 1 aromatic heterocycles. The molecule has 1 aliphatic rings. The Bertz CT molecular complexity index is 579. The predicted octanol–water partition coefficient (Wildman–Crippen LogP) is 1.21. The molecule has 0 bridgehead atoms. The lowest BCUT2D eigenvalue weighted by molar-refractivity contribution is -0.129. The van der Waals surface area contributed by atoms with Crippen molar-refractivity contribution in [2.24, 2.45) is 5.73 Å². The number of carbonyl (C=O) groups excluding carboxylic acids is 2. The van der Waals surface area contributed by atoms with Gasteiger partial charge in [0.05, 0.1) is 5.69 Å². The fourth-order valence-corrected chi connectivity index (χ4v) is 2.73. The normalized spacial score (nSPS) is 17.0. The first kappa shape index (κ1) is 15.7. The first-order valence-electron chi connectivity index (χ1n) is 6.40. The minimum atomic E-state index is -1.02. The third-order valence-electron chi connectivity index (χ3n) is 3.15. The highest BCUT2D eigenvalue weighted by molar-refractivity contribution is 9.10. The van der Waals surface area contributed by atoms with Crippen LogP contribution in [0, 0.1) is 0 Å². The number of halogens is 1. The number of aromatic nitrogens is 2. The Labute approximate surface area is 131 Å². The highest BCUT2D eigenvalue weighted by Crippen LogP contribution is 2.36. The van der Waals surface area contributed by atoms with Crippen molar-refractivity contribution in [1.82, 2.24) is 14.9 Å². The quantitative estimate of drug-likeness (QED) is 0.858. The smallest absolute Gasteiger partial charge is 0.410 e. The highest BCUT2D eigenvalue weighted by Gasteiger charge is 2.54. The molecule has 114 valence electrons. The van der Waals surface area contributed by atoms with Crippen LogP contribution < -0.4 is 5.73 Å². The van der Waals surface area contributed by atoms with Crippen LogP contribution in [0.15, 0.2) is 17.0 Å². The number of rotatable bonds is 2. The molecule has 0 radical (unpaired) electrons. The Balaban J connectivity index is 2.18. The fourth-order valence-electron chi connectivity index (χ4n) is 2.13. The van der Waals surface area contributed by atoms with Crippen LogP contribution in [0.1, 0.15) is 26.5 Å². The number of likely N-dealkylation sites (tertiary alicyclic amines) is 1. The lowest BCUT2D eigenvalue weighted by Gasteiger charge is -2.47. The van der Waals surface area contributed by atoms with Crippen molar-refractivity contribution in [3.05, 3.63) is 22.7 Å². The number of hydrogen-bond donors (Lipinski definition) is 1. The molecule has 0 saturated carbocycles. The van der Waals surface area contributed by atoms with E-state index < -0.39 is 23.0 Å². The lowest BCUT2D eigenvalue weighted by atomic mass is 9.76. The van der Waals surface area contributed by atoms with Gasteiger partial charge in [-0.2, -0.15) is 0 Å². The summed E-state index contributed by atoms with van der Waals surface area (Å²) in [5.41, 5.74) is 4.35. The largest absolute Gasteiger partial charge is 0.444 e. The standard InChI is InChI=1S/C13H17BrN4O3/c1-12(2,3)21-11(20)18-6-13(7-18,10(15)19)8-9(14)17-5-4-16-8/h4-5H,6-7H2,1-3H3,(H2,15,19). The summed E-state index contributed by atoms with van der Waals surface area (Å²) in [7, 11) is 0. The molecule has 1 fully saturated rings. The molecule has 0 spiro atoms. The molecule has 8 heteroatoms. The second kappa shape index (κ2) is 5.25. The summed E-state index contributed by atoms with van der Waals surface area (Å²) in [6.45, 7) is 5.62. The number of nitrogens with zero attached hydrogens (tertiary/aromatic N) is 3. The van der Waals surface area contributed by atoms with Gasteiger partial charge >= 0.3 is 6.09 Å². The summed E-state index contributed by atoms with van der Waals surface area (Å²) in [5, 5.41) is 0. The Morgan fingerprint density at radius 2 is 1.90 bits per heavy atom. The molecule has 0 unspecified atom stereocenters. The number of carbonyl (C=O) groups is 2. The van der Waals surface area contributed by atoms with E-state index in [1.807, 2.05) is 0 Å². The van der Waals surface area contributed by atoms with Crippen LogP contribution in [-0.2, 0) is 14.9 Å². The Morgan fingerprint density at radius 1 is 1.33 bits per heavy atom. The van der Waals surface area contributed by atoms with E-state index in [2.05, 4.69) is 25.9 Å². The van der Waals surface area contributed by atoms with E-state index in [4.69, 9.17) is 10.5 Å². The molecular formula is C13H17BrN4O3. The van der Waals surface area contributed by atoms with E-state index in [1.54, 1.807) is 20.8 Å². The average Bonchev–Trinajstić information content (AvgIpc) is 2.27. The van der Waals surface area contributed by atoms with Crippen molar-refractivity contribution >= 4 is 27.9 Å². The average molecular weight is 357 g/mol. The molecule has 1 saturated heterocycles. The number of primary amides is 1. The maximum absolute atomic E-state index is 12.0. The Kier molecular flexibility index (Phi) is 3.92. The van der Waals surface area contributed by atoms with Crippen LogP contribution in [0.2, 0.25) is 0 Å². The number of nitrogens with two attached hydrogens (primary N) is 1. The molecular weight excluding hydrogens is 340 g/mol. The molecule has 7 nitrogen and oxygen atoms in total. The maximum atomic E-state index is 12.0. The summed E-state index contributed by atoms with van der Waals surface area (Å²) in [6.07, 6.45) is 2.52. The van der Waals surface area contributed by atoms with E-state index in [9.17, 15) is 9.59 Å². The first-order chi connectivity index (χ1) is 9.66. The van der Waals surface area contributed by atoms with Crippen LogP contribution in [0.3, 0.4) is 0 Å². The summed E-state index contributed by atoms with van der Waals surface area (Å²) in [4.78, 5) is 33.5. The second-order valence-corrected chi connectivity index (χ2v) is 6.73. The van der Waals surface area contributed by atoms with Gasteiger partial charge in [-0.3, -0.25) is 9.78 Å².